The molecule has 3 atom stereocenters. The zero-order valence-electron chi connectivity index (χ0n) is 17.1. The van der Waals surface area contributed by atoms with Gasteiger partial charge in [-0.3, -0.25) is 19.9 Å². The predicted octanol–water partition coefficient (Wildman–Crippen LogP) is 0.0744. The standard InChI is InChI=1S/C19H30N6O3S/c1-12(20)9-14(21-2)19(27)25-7-8-28-11-13(25)10-24-18(26)16-6-5-15(29-16)17(22-3)23-4/h5-6,9,12-13,17,21,23H,3,7-8,10-11,20H2,1-2,4H3,(H,24,26)/b14-9-. The molecule has 2 rings (SSSR count). The number of aliphatic imine (C=N–C) groups is 1. The minimum atomic E-state index is -0.260. The second-order valence-electron chi connectivity index (χ2n) is 6.70. The number of amides is 2. The van der Waals surface area contributed by atoms with Crippen LogP contribution in [0.2, 0.25) is 0 Å². The number of hydrogen-bond acceptors (Lipinski definition) is 8. The van der Waals surface area contributed by atoms with E-state index in [4.69, 9.17) is 10.5 Å². The Labute approximate surface area is 175 Å². The smallest absolute Gasteiger partial charge is 0.270 e. The number of carbonyl (C=O) groups is 2. The Bertz CT molecular complexity index is 748. The van der Waals surface area contributed by atoms with Gasteiger partial charge in [0.25, 0.3) is 11.8 Å². The number of rotatable bonds is 9. The molecule has 29 heavy (non-hydrogen) atoms. The first-order chi connectivity index (χ1) is 13.9. The monoisotopic (exact) mass is 422 g/mol. The highest BCUT2D eigenvalue weighted by Crippen LogP contribution is 2.23. The van der Waals surface area contributed by atoms with Crippen LogP contribution in [-0.4, -0.2) is 75.9 Å². The minimum Gasteiger partial charge on any atom is -0.384 e. The van der Waals surface area contributed by atoms with Crippen LogP contribution in [0.5, 0.6) is 0 Å². The van der Waals surface area contributed by atoms with Crippen LogP contribution in [0, 0.1) is 0 Å². The van der Waals surface area contributed by atoms with Crippen molar-refractivity contribution >= 4 is 29.9 Å². The van der Waals surface area contributed by atoms with Crippen LogP contribution in [0.1, 0.15) is 27.6 Å². The molecule has 9 nitrogen and oxygen atoms in total. The van der Waals surface area contributed by atoms with Crippen molar-refractivity contribution < 1.29 is 14.3 Å². The lowest BCUT2D eigenvalue weighted by atomic mass is 10.1. The quantitative estimate of drug-likeness (QED) is 0.330. The van der Waals surface area contributed by atoms with Crippen molar-refractivity contribution in [2.24, 2.45) is 10.7 Å². The van der Waals surface area contributed by atoms with Gasteiger partial charge in [0.1, 0.15) is 6.17 Å². The molecule has 0 saturated carbocycles. The third kappa shape index (κ3) is 6.10. The van der Waals surface area contributed by atoms with Gasteiger partial charge in [0.05, 0.1) is 29.8 Å². The number of ether oxygens (including phenoxy) is 1. The molecule has 1 aliphatic rings. The van der Waals surface area contributed by atoms with E-state index in [2.05, 4.69) is 27.7 Å². The van der Waals surface area contributed by atoms with E-state index in [0.717, 1.165) is 4.88 Å². The molecule has 0 aromatic carbocycles. The normalized spacial score (nSPS) is 19.4. The number of likely N-dealkylation sites (N-methyl/N-ethyl adjacent to an activating group) is 1. The van der Waals surface area contributed by atoms with Crippen molar-refractivity contribution in [3.05, 3.63) is 33.7 Å². The largest absolute Gasteiger partial charge is 0.384 e. The van der Waals surface area contributed by atoms with Crippen LogP contribution < -0.4 is 21.7 Å². The fourth-order valence-electron chi connectivity index (χ4n) is 3.01. The van der Waals surface area contributed by atoms with Crippen molar-refractivity contribution in [3.63, 3.8) is 0 Å². The topological polar surface area (TPSA) is 121 Å². The summed E-state index contributed by atoms with van der Waals surface area (Å²) >= 11 is 1.35. The van der Waals surface area contributed by atoms with Gasteiger partial charge in [-0.05, 0) is 38.9 Å². The molecule has 0 aliphatic carbocycles. The maximum Gasteiger partial charge on any atom is 0.270 e. The van der Waals surface area contributed by atoms with Crippen molar-refractivity contribution in [3.8, 4) is 0 Å². The molecule has 0 bridgehead atoms. The highest BCUT2D eigenvalue weighted by Gasteiger charge is 2.29. The van der Waals surface area contributed by atoms with E-state index in [1.807, 2.05) is 6.07 Å². The van der Waals surface area contributed by atoms with Gasteiger partial charge in [-0.2, -0.15) is 0 Å². The first-order valence-corrected chi connectivity index (χ1v) is 10.3. The van der Waals surface area contributed by atoms with Gasteiger partial charge in [-0.15, -0.1) is 11.3 Å². The molecule has 160 valence electrons. The van der Waals surface area contributed by atoms with Crippen molar-refractivity contribution in [1.82, 2.24) is 20.9 Å². The Balaban J connectivity index is 2.03. The van der Waals surface area contributed by atoms with E-state index >= 15 is 0 Å². The minimum absolute atomic E-state index is 0.153. The van der Waals surface area contributed by atoms with Crippen LogP contribution >= 0.6 is 11.3 Å². The van der Waals surface area contributed by atoms with E-state index in [9.17, 15) is 9.59 Å². The molecular weight excluding hydrogens is 392 g/mol. The molecular formula is C19H30N6O3S. The van der Waals surface area contributed by atoms with E-state index < -0.39 is 0 Å². The highest BCUT2D eigenvalue weighted by atomic mass is 32.1. The number of hydrogen-bond donors (Lipinski definition) is 4. The Hall–Kier alpha value is -2.27. The third-order valence-corrected chi connectivity index (χ3v) is 5.63. The Morgan fingerprint density at radius 2 is 2.24 bits per heavy atom. The molecule has 0 spiro atoms. The fourth-order valence-corrected chi connectivity index (χ4v) is 4.01. The first kappa shape index (κ1) is 23.0. The van der Waals surface area contributed by atoms with E-state index in [-0.39, 0.29) is 30.1 Å². The number of nitrogens with two attached hydrogens (primary N) is 1. The van der Waals surface area contributed by atoms with Crippen molar-refractivity contribution in [2.75, 3.05) is 40.4 Å². The van der Waals surface area contributed by atoms with Crippen LogP contribution in [0.3, 0.4) is 0 Å². The highest BCUT2D eigenvalue weighted by molar-refractivity contribution is 7.14. The van der Waals surface area contributed by atoms with E-state index in [1.165, 1.54) is 11.3 Å². The lowest BCUT2D eigenvalue weighted by molar-refractivity contribution is -0.135. The molecule has 1 aromatic rings. The Kier molecular flexibility index (Phi) is 8.77. The molecule has 0 radical (unpaired) electrons. The summed E-state index contributed by atoms with van der Waals surface area (Å²) in [6, 6.07) is 3.10. The van der Waals surface area contributed by atoms with Gasteiger partial charge in [0.2, 0.25) is 0 Å². The molecule has 2 heterocycles. The molecule has 2 amide bonds. The van der Waals surface area contributed by atoms with Gasteiger partial charge in [-0.1, -0.05) is 0 Å². The van der Waals surface area contributed by atoms with Crippen molar-refractivity contribution in [2.45, 2.75) is 25.2 Å². The molecule has 1 saturated heterocycles. The molecule has 1 fully saturated rings. The number of nitrogens with zero attached hydrogens (tertiary/aromatic N) is 2. The number of thiophene rings is 1. The first-order valence-electron chi connectivity index (χ1n) is 9.46. The molecule has 3 unspecified atom stereocenters. The Morgan fingerprint density at radius 1 is 1.48 bits per heavy atom. The lowest BCUT2D eigenvalue weighted by Crippen LogP contribution is -2.54. The SMILES string of the molecule is C=NC(NC)c1ccc(C(=O)NCC2COCCN2C(=O)/C(=C/C(C)N)NC)s1. The maximum absolute atomic E-state index is 12.9. The number of morpholine rings is 1. The molecule has 1 aliphatic heterocycles. The van der Waals surface area contributed by atoms with Crippen molar-refractivity contribution in [1.29, 1.82) is 0 Å². The fraction of sp³-hybridized carbons (Fsp3) is 0.526. The summed E-state index contributed by atoms with van der Waals surface area (Å²) in [5, 5.41) is 8.84. The average Bonchev–Trinajstić information content (AvgIpc) is 3.21. The second kappa shape index (κ2) is 11.1. The summed E-state index contributed by atoms with van der Waals surface area (Å²) in [5.74, 6) is -0.349. The summed E-state index contributed by atoms with van der Waals surface area (Å²) in [6.07, 6.45) is 1.45. The average molecular weight is 423 g/mol. The summed E-state index contributed by atoms with van der Waals surface area (Å²) in [4.78, 5) is 32.6. The van der Waals surface area contributed by atoms with Gasteiger partial charge in [0, 0.05) is 31.1 Å². The van der Waals surface area contributed by atoms with Crippen LogP contribution in [-0.2, 0) is 9.53 Å². The van der Waals surface area contributed by atoms with Crippen LogP contribution in [0.15, 0.2) is 28.9 Å². The summed E-state index contributed by atoms with van der Waals surface area (Å²) in [6.45, 7) is 6.92. The maximum atomic E-state index is 12.9. The Morgan fingerprint density at radius 3 is 2.86 bits per heavy atom. The van der Waals surface area contributed by atoms with E-state index in [1.54, 1.807) is 38.1 Å². The van der Waals surface area contributed by atoms with Gasteiger partial charge in [0.15, 0.2) is 0 Å². The predicted molar refractivity (Wildman–Crippen MR) is 115 cm³/mol. The number of carbonyl (C=O) groups excluding carboxylic acids is 2. The summed E-state index contributed by atoms with van der Waals surface area (Å²) in [7, 11) is 3.47. The van der Waals surface area contributed by atoms with E-state index in [0.29, 0.717) is 36.9 Å². The zero-order chi connectivity index (χ0) is 21.4. The second-order valence-corrected chi connectivity index (χ2v) is 7.82. The van der Waals surface area contributed by atoms with Crippen LogP contribution in [0.4, 0.5) is 0 Å². The molecule has 1 aromatic heterocycles. The molecule has 10 heteroatoms. The zero-order valence-corrected chi connectivity index (χ0v) is 17.9. The summed E-state index contributed by atoms with van der Waals surface area (Å²) < 4.78 is 5.52. The third-order valence-electron chi connectivity index (χ3n) is 4.49. The lowest BCUT2D eigenvalue weighted by Gasteiger charge is -2.36. The van der Waals surface area contributed by atoms with Gasteiger partial charge >= 0.3 is 0 Å². The summed E-state index contributed by atoms with van der Waals surface area (Å²) in [5.41, 5.74) is 6.24. The van der Waals surface area contributed by atoms with Gasteiger partial charge in [-0.25, -0.2) is 0 Å². The number of nitrogens with one attached hydrogen (secondary N) is 3. The molecule has 5 N–H and O–H groups in total. The van der Waals surface area contributed by atoms with Gasteiger partial charge < -0.3 is 26.0 Å². The van der Waals surface area contributed by atoms with Crippen LogP contribution in [0.25, 0.3) is 0 Å².